The van der Waals surface area contributed by atoms with E-state index in [4.69, 9.17) is 4.74 Å². The highest BCUT2D eigenvalue weighted by Crippen LogP contribution is 2.22. The molecular weight excluding hydrogens is 290 g/mol. The number of aromatic nitrogens is 3. The minimum Gasteiger partial charge on any atom is -0.465 e. The van der Waals surface area contributed by atoms with Crippen LogP contribution >= 0.6 is 11.3 Å². The highest BCUT2D eigenvalue weighted by molar-refractivity contribution is 7.13. The first-order chi connectivity index (χ1) is 10.0. The summed E-state index contributed by atoms with van der Waals surface area (Å²) in [6, 6.07) is 3.83. The largest absolute Gasteiger partial charge is 0.465 e. The standard InChI is InChI=1S/C14H19N3O3S/c1-4-20-12(18)9-17-14(19)16(8-10(2)3)13(15-17)11-6-5-7-21-11/h5-7,10H,4,8-9H2,1-3H3. The second kappa shape index (κ2) is 6.71. The quantitative estimate of drug-likeness (QED) is 0.765. The van der Waals surface area contributed by atoms with Crippen LogP contribution < -0.4 is 5.69 Å². The zero-order valence-corrected chi connectivity index (χ0v) is 13.2. The molecule has 0 saturated heterocycles. The lowest BCUT2D eigenvalue weighted by Gasteiger charge is -2.06. The number of thiophene rings is 1. The maximum atomic E-state index is 12.4. The van der Waals surface area contributed by atoms with E-state index in [1.807, 2.05) is 31.4 Å². The molecule has 0 aliphatic heterocycles. The van der Waals surface area contributed by atoms with Gasteiger partial charge in [0.15, 0.2) is 5.82 Å². The summed E-state index contributed by atoms with van der Waals surface area (Å²) in [4.78, 5) is 24.9. The topological polar surface area (TPSA) is 66.1 Å². The molecule has 0 radical (unpaired) electrons. The molecule has 2 aromatic rings. The zero-order valence-electron chi connectivity index (χ0n) is 12.4. The van der Waals surface area contributed by atoms with Crippen LogP contribution in [0.25, 0.3) is 10.7 Å². The van der Waals surface area contributed by atoms with Gasteiger partial charge in [-0.2, -0.15) is 0 Å². The molecule has 0 fully saturated rings. The Kier molecular flexibility index (Phi) is 4.95. The maximum absolute atomic E-state index is 12.4. The molecule has 0 amide bonds. The molecule has 7 heteroatoms. The third kappa shape index (κ3) is 3.60. The fourth-order valence-corrected chi connectivity index (χ4v) is 2.71. The molecule has 0 bridgehead atoms. The normalized spacial score (nSPS) is 11.0. The molecule has 0 aliphatic rings. The molecule has 0 aromatic carbocycles. The van der Waals surface area contributed by atoms with Crippen LogP contribution in [0.15, 0.2) is 22.3 Å². The highest BCUT2D eigenvalue weighted by atomic mass is 32.1. The van der Waals surface area contributed by atoms with Gasteiger partial charge in [0.1, 0.15) is 6.54 Å². The molecule has 2 rings (SSSR count). The lowest BCUT2D eigenvalue weighted by atomic mass is 10.2. The van der Waals surface area contributed by atoms with Crippen LogP contribution in [-0.2, 0) is 22.6 Å². The Hall–Kier alpha value is -1.89. The Bertz CT molecular complexity index is 656. The number of nitrogens with zero attached hydrogens (tertiary/aromatic N) is 3. The number of esters is 1. The molecule has 0 saturated carbocycles. The summed E-state index contributed by atoms with van der Waals surface area (Å²) in [5, 5.41) is 6.24. The Morgan fingerprint density at radius 3 is 2.81 bits per heavy atom. The molecule has 2 heterocycles. The lowest BCUT2D eigenvalue weighted by molar-refractivity contribution is -0.144. The van der Waals surface area contributed by atoms with Gasteiger partial charge in [-0.1, -0.05) is 19.9 Å². The van der Waals surface area contributed by atoms with Crippen molar-refractivity contribution in [3.8, 4) is 10.7 Å². The maximum Gasteiger partial charge on any atom is 0.346 e. The molecule has 21 heavy (non-hydrogen) atoms. The summed E-state index contributed by atoms with van der Waals surface area (Å²) in [5.74, 6) is 0.459. The third-order valence-corrected chi connectivity index (χ3v) is 3.66. The molecule has 0 aliphatic carbocycles. The van der Waals surface area contributed by atoms with E-state index >= 15 is 0 Å². The van der Waals surface area contributed by atoms with Gasteiger partial charge < -0.3 is 4.74 Å². The average Bonchev–Trinajstić information content (AvgIpc) is 3.02. The molecule has 0 N–H and O–H groups in total. The van der Waals surface area contributed by atoms with Gasteiger partial charge in [0.2, 0.25) is 0 Å². The van der Waals surface area contributed by atoms with Gasteiger partial charge in [0, 0.05) is 6.54 Å². The second-order valence-electron chi connectivity index (χ2n) is 5.05. The van der Waals surface area contributed by atoms with Crippen LogP contribution in [0.2, 0.25) is 0 Å². The fourth-order valence-electron chi connectivity index (χ4n) is 1.99. The first-order valence-corrected chi connectivity index (χ1v) is 7.78. The average molecular weight is 309 g/mol. The van der Waals surface area contributed by atoms with Crippen molar-refractivity contribution in [1.29, 1.82) is 0 Å². The van der Waals surface area contributed by atoms with Crippen LogP contribution in [0.5, 0.6) is 0 Å². The number of rotatable bonds is 6. The summed E-state index contributed by atoms with van der Waals surface area (Å²) in [7, 11) is 0. The number of carbonyl (C=O) groups is 1. The number of ether oxygens (including phenoxy) is 1. The van der Waals surface area contributed by atoms with Crippen LogP contribution in [0.1, 0.15) is 20.8 Å². The van der Waals surface area contributed by atoms with Crippen LogP contribution in [0.4, 0.5) is 0 Å². The van der Waals surface area contributed by atoms with Crippen LogP contribution in [-0.4, -0.2) is 26.9 Å². The van der Waals surface area contributed by atoms with Crippen molar-refractivity contribution in [2.24, 2.45) is 5.92 Å². The van der Waals surface area contributed by atoms with Gasteiger partial charge in [-0.3, -0.25) is 9.36 Å². The molecule has 2 aromatic heterocycles. The van der Waals surface area contributed by atoms with Crippen molar-refractivity contribution >= 4 is 17.3 Å². The van der Waals surface area contributed by atoms with E-state index in [9.17, 15) is 9.59 Å². The van der Waals surface area contributed by atoms with Crippen molar-refractivity contribution in [1.82, 2.24) is 14.3 Å². The molecule has 0 unspecified atom stereocenters. The van der Waals surface area contributed by atoms with E-state index in [-0.39, 0.29) is 18.8 Å². The Morgan fingerprint density at radius 1 is 1.48 bits per heavy atom. The Morgan fingerprint density at radius 2 is 2.24 bits per heavy atom. The number of hydrogen-bond acceptors (Lipinski definition) is 5. The summed E-state index contributed by atoms with van der Waals surface area (Å²) < 4.78 is 7.67. The van der Waals surface area contributed by atoms with E-state index in [2.05, 4.69) is 5.10 Å². The Labute approximate surface area is 127 Å². The summed E-state index contributed by atoms with van der Waals surface area (Å²) in [6.45, 7) is 6.50. The molecular formula is C14H19N3O3S. The van der Waals surface area contributed by atoms with E-state index in [1.165, 1.54) is 16.0 Å². The zero-order chi connectivity index (χ0) is 15.4. The third-order valence-electron chi connectivity index (χ3n) is 2.80. The van der Waals surface area contributed by atoms with Crippen molar-refractivity contribution in [2.75, 3.05) is 6.61 Å². The molecule has 0 spiro atoms. The van der Waals surface area contributed by atoms with E-state index in [0.717, 1.165) is 4.88 Å². The van der Waals surface area contributed by atoms with Crippen molar-refractivity contribution in [3.05, 3.63) is 28.0 Å². The van der Waals surface area contributed by atoms with E-state index < -0.39 is 5.97 Å². The monoisotopic (exact) mass is 309 g/mol. The van der Waals surface area contributed by atoms with Crippen LogP contribution in [0, 0.1) is 5.92 Å². The van der Waals surface area contributed by atoms with Crippen molar-refractivity contribution in [3.63, 3.8) is 0 Å². The van der Waals surface area contributed by atoms with Crippen molar-refractivity contribution in [2.45, 2.75) is 33.9 Å². The minimum atomic E-state index is -0.452. The summed E-state index contributed by atoms with van der Waals surface area (Å²) >= 11 is 1.52. The Balaban J connectivity index is 2.40. The fraction of sp³-hybridized carbons (Fsp3) is 0.500. The highest BCUT2D eigenvalue weighted by Gasteiger charge is 2.18. The van der Waals surface area contributed by atoms with Gasteiger partial charge in [-0.15, -0.1) is 16.4 Å². The predicted molar refractivity (Wildman–Crippen MR) is 81.3 cm³/mol. The first kappa shape index (κ1) is 15.5. The first-order valence-electron chi connectivity index (χ1n) is 6.90. The van der Waals surface area contributed by atoms with Gasteiger partial charge in [0.05, 0.1) is 11.5 Å². The van der Waals surface area contributed by atoms with Crippen molar-refractivity contribution < 1.29 is 9.53 Å². The summed E-state index contributed by atoms with van der Waals surface area (Å²) in [6.07, 6.45) is 0. The van der Waals surface area contributed by atoms with Gasteiger partial charge in [-0.05, 0) is 24.3 Å². The SMILES string of the molecule is CCOC(=O)Cn1nc(-c2cccs2)n(CC(C)C)c1=O. The second-order valence-corrected chi connectivity index (χ2v) is 6.00. The minimum absolute atomic E-state index is 0.157. The molecule has 6 nitrogen and oxygen atoms in total. The lowest BCUT2D eigenvalue weighted by Crippen LogP contribution is -2.29. The van der Waals surface area contributed by atoms with Gasteiger partial charge in [-0.25, -0.2) is 9.48 Å². The van der Waals surface area contributed by atoms with E-state index in [0.29, 0.717) is 18.3 Å². The number of hydrogen-bond donors (Lipinski definition) is 0. The predicted octanol–water partition coefficient (Wildman–Crippen LogP) is 1.99. The van der Waals surface area contributed by atoms with Crippen LogP contribution in [0.3, 0.4) is 0 Å². The van der Waals surface area contributed by atoms with E-state index in [1.54, 1.807) is 11.5 Å². The summed E-state index contributed by atoms with van der Waals surface area (Å²) in [5.41, 5.74) is -0.278. The molecule has 114 valence electrons. The number of carbonyl (C=O) groups excluding carboxylic acids is 1. The van der Waals surface area contributed by atoms with Gasteiger partial charge >= 0.3 is 11.7 Å². The van der Waals surface area contributed by atoms with Gasteiger partial charge in [0.25, 0.3) is 0 Å². The molecule has 0 atom stereocenters. The smallest absolute Gasteiger partial charge is 0.346 e.